The molecular weight excluding hydrogens is 251 g/mol. The highest BCUT2D eigenvalue weighted by molar-refractivity contribution is 9.10. The highest BCUT2D eigenvalue weighted by atomic mass is 79.9. The Morgan fingerprint density at radius 1 is 1.38 bits per heavy atom. The van der Waals surface area contributed by atoms with Gasteiger partial charge >= 0.3 is 0 Å². The average molecular weight is 262 g/mol. The minimum atomic E-state index is 0.388. The molecule has 70 valence electrons. The summed E-state index contributed by atoms with van der Waals surface area (Å²) >= 11 is 9.35. The SMILES string of the molecule is Clc1cc(Br)ccc1OC1CCC1. The Balaban J connectivity index is 2.10. The van der Waals surface area contributed by atoms with E-state index in [2.05, 4.69) is 15.9 Å². The zero-order chi connectivity index (χ0) is 9.26. The van der Waals surface area contributed by atoms with Gasteiger partial charge in [-0.25, -0.2) is 0 Å². The van der Waals surface area contributed by atoms with Gasteiger partial charge in [0.25, 0.3) is 0 Å². The molecule has 1 nitrogen and oxygen atoms in total. The molecule has 0 aromatic heterocycles. The van der Waals surface area contributed by atoms with Crippen molar-refractivity contribution in [2.24, 2.45) is 0 Å². The second-order valence-electron chi connectivity index (χ2n) is 3.25. The topological polar surface area (TPSA) is 9.23 Å². The van der Waals surface area contributed by atoms with E-state index >= 15 is 0 Å². The van der Waals surface area contributed by atoms with Gasteiger partial charge in [0.1, 0.15) is 5.75 Å². The van der Waals surface area contributed by atoms with Gasteiger partial charge in [-0.2, -0.15) is 0 Å². The lowest BCUT2D eigenvalue weighted by atomic mass is 9.96. The van der Waals surface area contributed by atoms with Crippen LogP contribution in [0.5, 0.6) is 5.75 Å². The van der Waals surface area contributed by atoms with Crippen LogP contribution in [-0.4, -0.2) is 6.10 Å². The number of benzene rings is 1. The zero-order valence-electron chi connectivity index (χ0n) is 7.09. The van der Waals surface area contributed by atoms with Crippen LogP contribution in [0.1, 0.15) is 19.3 Å². The van der Waals surface area contributed by atoms with Crippen molar-refractivity contribution in [1.82, 2.24) is 0 Å². The number of rotatable bonds is 2. The fourth-order valence-electron chi connectivity index (χ4n) is 1.24. The molecule has 0 bridgehead atoms. The zero-order valence-corrected chi connectivity index (χ0v) is 9.44. The van der Waals surface area contributed by atoms with Crippen molar-refractivity contribution >= 4 is 27.5 Å². The summed E-state index contributed by atoms with van der Waals surface area (Å²) in [5.74, 6) is 0.801. The molecule has 0 spiro atoms. The minimum absolute atomic E-state index is 0.388. The van der Waals surface area contributed by atoms with Gasteiger partial charge in [-0.3, -0.25) is 0 Å². The number of hydrogen-bond donors (Lipinski definition) is 0. The van der Waals surface area contributed by atoms with Gasteiger partial charge in [-0.1, -0.05) is 27.5 Å². The predicted molar refractivity (Wildman–Crippen MR) is 57.4 cm³/mol. The molecule has 1 saturated carbocycles. The number of ether oxygens (including phenoxy) is 1. The fraction of sp³-hybridized carbons (Fsp3) is 0.400. The summed E-state index contributed by atoms with van der Waals surface area (Å²) in [5.41, 5.74) is 0. The molecule has 13 heavy (non-hydrogen) atoms. The second-order valence-corrected chi connectivity index (χ2v) is 4.57. The summed E-state index contributed by atoms with van der Waals surface area (Å²) in [7, 11) is 0. The molecule has 0 heterocycles. The third kappa shape index (κ3) is 2.18. The van der Waals surface area contributed by atoms with E-state index in [1.165, 1.54) is 6.42 Å². The van der Waals surface area contributed by atoms with E-state index in [1.54, 1.807) is 0 Å². The Labute approximate surface area is 91.2 Å². The van der Waals surface area contributed by atoms with Crippen LogP contribution in [-0.2, 0) is 0 Å². The maximum absolute atomic E-state index is 6.00. The molecule has 0 amide bonds. The lowest BCUT2D eigenvalue weighted by molar-refractivity contribution is 0.120. The maximum atomic E-state index is 6.00. The Bertz CT molecular complexity index is 310. The van der Waals surface area contributed by atoms with Crippen LogP contribution in [0.15, 0.2) is 22.7 Å². The third-order valence-corrected chi connectivity index (χ3v) is 3.03. The number of hydrogen-bond acceptors (Lipinski definition) is 1. The Morgan fingerprint density at radius 2 is 2.15 bits per heavy atom. The van der Waals surface area contributed by atoms with Crippen molar-refractivity contribution in [3.8, 4) is 5.75 Å². The highest BCUT2D eigenvalue weighted by Gasteiger charge is 2.19. The van der Waals surface area contributed by atoms with Gasteiger partial charge in [-0.05, 0) is 37.5 Å². The van der Waals surface area contributed by atoms with Crippen molar-refractivity contribution < 1.29 is 4.74 Å². The third-order valence-electron chi connectivity index (χ3n) is 2.24. The van der Waals surface area contributed by atoms with E-state index in [9.17, 15) is 0 Å². The lowest BCUT2D eigenvalue weighted by Crippen LogP contribution is -2.24. The van der Waals surface area contributed by atoms with Gasteiger partial charge in [0.2, 0.25) is 0 Å². The first kappa shape index (κ1) is 9.35. The minimum Gasteiger partial charge on any atom is -0.489 e. The van der Waals surface area contributed by atoms with E-state index in [0.29, 0.717) is 11.1 Å². The number of halogens is 2. The molecule has 1 aromatic rings. The molecule has 3 heteroatoms. The van der Waals surface area contributed by atoms with Crippen LogP contribution in [0, 0.1) is 0 Å². The average Bonchev–Trinajstić information content (AvgIpc) is 1.99. The summed E-state index contributed by atoms with van der Waals surface area (Å²) < 4.78 is 6.67. The normalized spacial score (nSPS) is 16.8. The lowest BCUT2D eigenvalue weighted by Gasteiger charge is -2.26. The van der Waals surface area contributed by atoms with Crippen LogP contribution >= 0.6 is 27.5 Å². The van der Waals surface area contributed by atoms with Gasteiger partial charge in [0.15, 0.2) is 0 Å². The molecule has 1 aromatic carbocycles. The van der Waals surface area contributed by atoms with Crippen LogP contribution in [0.3, 0.4) is 0 Å². The summed E-state index contributed by atoms with van der Waals surface area (Å²) in [6, 6.07) is 5.71. The van der Waals surface area contributed by atoms with E-state index in [-0.39, 0.29) is 0 Å². The molecule has 0 unspecified atom stereocenters. The summed E-state index contributed by atoms with van der Waals surface area (Å²) in [5, 5.41) is 0.682. The first-order valence-electron chi connectivity index (χ1n) is 4.37. The second kappa shape index (κ2) is 3.89. The van der Waals surface area contributed by atoms with Crippen molar-refractivity contribution in [1.29, 1.82) is 0 Å². The molecule has 0 radical (unpaired) electrons. The van der Waals surface area contributed by atoms with Crippen LogP contribution < -0.4 is 4.74 Å². The largest absolute Gasteiger partial charge is 0.489 e. The van der Waals surface area contributed by atoms with Crippen LogP contribution in [0.25, 0.3) is 0 Å². The monoisotopic (exact) mass is 260 g/mol. The van der Waals surface area contributed by atoms with Gasteiger partial charge < -0.3 is 4.74 Å². The van der Waals surface area contributed by atoms with Crippen LogP contribution in [0.2, 0.25) is 5.02 Å². The molecule has 0 aliphatic heterocycles. The maximum Gasteiger partial charge on any atom is 0.138 e. The van der Waals surface area contributed by atoms with Crippen molar-refractivity contribution in [2.75, 3.05) is 0 Å². The smallest absolute Gasteiger partial charge is 0.138 e. The first-order chi connectivity index (χ1) is 6.25. The van der Waals surface area contributed by atoms with E-state index in [4.69, 9.17) is 16.3 Å². The van der Waals surface area contributed by atoms with E-state index in [0.717, 1.165) is 23.1 Å². The standard InChI is InChI=1S/C10H10BrClO/c11-7-4-5-10(9(12)6-7)13-8-2-1-3-8/h4-6,8H,1-3H2. The molecule has 1 aliphatic carbocycles. The molecule has 1 fully saturated rings. The first-order valence-corrected chi connectivity index (χ1v) is 5.54. The van der Waals surface area contributed by atoms with Crippen molar-refractivity contribution in [2.45, 2.75) is 25.4 Å². The fourth-order valence-corrected chi connectivity index (χ4v) is 1.96. The quantitative estimate of drug-likeness (QED) is 0.781. The van der Waals surface area contributed by atoms with Gasteiger partial charge in [0.05, 0.1) is 11.1 Å². The van der Waals surface area contributed by atoms with Crippen LogP contribution in [0.4, 0.5) is 0 Å². The molecule has 0 N–H and O–H groups in total. The predicted octanol–water partition coefficient (Wildman–Crippen LogP) is 4.03. The van der Waals surface area contributed by atoms with Crippen molar-refractivity contribution in [3.63, 3.8) is 0 Å². The van der Waals surface area contributed by atoms with Gasteiger partial charge in [0, 0.05) is 4.47 Å². The summed E-state index contributed by atoms with van der Waals surface area (Å²) in [4.78, 5) is 0. The Morgan fingerprint density at radius 3 is 2.69 bits per heavy atom. The van der Waals surface area contributed by atoms with Crippen molar-refractivity contribution in [3.05, 3.63) is 27.7 Å². The molecule has 2 rings (SSSR count). The Kier molecular flexibility index (Phi) is 2.80. The molecule has 0 atom stereocenters. The summed E-state index contributed by atoms with van der Waals surface area (Å²) in [6.45, 7) is 0. The molecular formula is C10H10BrClO. The highest BCUT2D eigenvalue weighted by Crippen LogP contribution is 2.32. The van der Waals surface area contributed by atoms with Gasteiger partial charge in [-0.15, -0.1) is 0 Å². The van der Waals surface area contributed by atoms with E-state index in [1.807, 2.05) is 18.2 Å². The molecule has 1 aliphatic rings. The Hall–Kier alpha value is -0.210. The molecule has 0 saturated heterocycles. The van der Waals surface area contributed by atoms with E-state index < -0.39 is 0 Å². The summed E-state index contributed by atoms with van der Waals surface area (Å²) in [6.07, 6.45) is 3.98.